The van der Waals surface area contributed by atoms with E-state index in [9.17, 15) is 19.1 Å². The van der Waals surface area contributed by atoms with Crippen molar-refractivity contribution in [2.45, 2.75) is 18.6 Å². The average molecular weight is 465 g/mol. The van der Waals surface area contributed by atoms with Crippen LogP contribution in [0.2, 0.25) is 0 Å². The Hall–Kier alpha value is -3.91. The predicted molar refractivity (Wildman–Crippen MR) is 123 cm³/mol. The summed E-state index contributed by atoms with van der Waals surface area (Å²) in [6.07, 6.45) is -0.519. The van der Waals surface area contributed by atoms with Gasteiger partial charge in [0.2, 0.25) is 5.75 Å². The molecule has 3 aromatic rings. The predicted octanol–water partition coefficient (Wildman–Crippen LogP) is 3.86. The molecule has 4 rings (SSSR count). The van der Waals surface area contributed by atoms with Gasteiger partial charge >= 0.3 is 0 Å². The van der Waals surface area contributed by atoms with Crippen molar-refractivity contribution < 1.29 is 33.3 Å². The molecule has 0 aromatic heterocycles. The molecule has 0 fully saturated rings. The third-order valence-electron chi connectivity index (χ3n) is 5.93. The van der Waals surface area contributed by atoms with Gasteiger partial charge in [0, 0.05) is 16.7 Å². The Morgan fingerprint density at radius 2 is 1.59 bits per heavy atom. The van der Waals surface area contributed by atoms with Crippen LogP contribution in [0.5, 0.6) is 17.2 Å². The first-order valence-electron chi connectivity index (χ1n) is 10.5. The van der Waals surface area contributed by atoms with Gasteiger partial charge in [-0.05, 0) is 24.3 Å². The van der Waals surface area contributed by atoms with Gasteiger partial charge in [0.05, 0.1) is 40.0 Å². The minimum Gasteiger partial charge on any atom is -0.493 e. The first-order chi connectivity index (χ1) is 16.3. The molecule has 0 aliphatic carbocycles. The number of anilines is 1. The van der Waals surface area contributed by atoms with Crippen LogP contribution in [-0.2, 0) is 16.9 Å². The van der Waals surface area contributed by atoms with Crippen molar-refractivity contribution in [3.05, 3.63) is 83.2 Å². The van der Waals surface area contributed by atoms with Crippen molar-refractivity contribution >= 4 is 17.4 Å². The standard InChI is InChI=1S/C26H24FNO6/c1-32-22-12-17(13-23(33-2)24(22)34-3)21(29)14-26(31)18-9-5-7-11-20(18)28(25(26)30)15-16-8-4-6-10-19(16)27/h4-13,31H,14-15H2,1-3H3/t26-/m1/s1. The highest BCUT2D eigenvalue weighted by Crippen LogP contribution is 2.44. The van der Waals surface area contributed by atoms with E-state index in [1.54, 1.807) is 42.5 Å². The van der Waals surface area contributed by atoms with Crippen LogP contribution in [0.15, 0.2) is 60.7 Å². The lowest BCUT2D eigenvalue weighted by Gasteiger charge is -2.23. The Kier molecular flexibility index (Phi) is 6.26. The zero-order valence-corrected chi connectivity index (χ0v) is 19.0. The fraction of sp³-hybridized carbons (Fsp3) is 0.231. The molecule has 7 nitrogen and oxygen atoms in total. The summed E-state index contributed by atoms with van der Waals surface area (Å²) < 4.78 is 30.2. The molecular weight excluding hydrogens is 441 g/mol. The fourth-order valence-electron chi connectivity index (χ4n) is 4.21. The van der Waals surface area contributed by atoms with E-state index in [1.165, 1.54) is 44.4 Å². The van der Waals surface area contributed by atoms with E-state index in [2.05, 4.69) is 0 Å². The Labute approximate surface area is 196 Å². The van der Waals surface area contributed by atoms with Crippen LogP contribution in [0.1, 0.15) is 27.9 Å². The lowest BCUT2D eigenvalue weighted by molar-refractivity contribution is -0.136. The molecule has 3 aromatic carbocycles. The topological polar surface area (TPSA) is 85.3 Å². The van der Waals surface area contributed by atoms with E-state index in [0.29, 0.717) is 17.0 Å². The third kappa shape index (κ3) is 3.86. The van der Waals surface area contributed by atoms with E-state index in [1.807, 2.05) is 0 Å². The quantitative estimate of drug-likeness (QED) is 0.509. The average Bonchev–Trinajstić information content (AvgIpc) is 3.06. The van der Waals surface area contributed by atoms with Crippen LogP contribution in [0.3, 0.4) is 0 Å². The minimum atomic E-state index is -2.11. The maximum Gasteiger partial charge on any atom is 0.264 e. The molecule has 1 N–H and O–H groups in total. The molecule has 1 heterocycles. The van der Waals surface area contributed by atoms with Gasteiger partial charge in [0.25, 0.3) is 5.91 Å². The van der Waals surface area contributed by atoms with Crippen LogP contribution in [0, 0.1) is 5.82 Å². The number of Topliss-reactive ketones (excluding diaryl/α,β-unsaturated/α-hetero) is 1. The van der Waals surface area contributed by atoms with Crippen molar-refractivity contribution in [2.75, 3.05) is 26.2 Å². The Bertz CT molecular complexity index is 1230. The molecule has 8 heteroatoms. The lowest BCUT2D eigenvalue weighted by atomic mass is 9.88. The first kappa shape index (κ1) is 23.3. The minimum absolute atomic E-state index is 0.0802. The smallest absolute Gasteiger partial charge is 0.264 e. The van der Waals surface area contributed by atoms with Gasteiger partial charge in [-0.1, -0.05) is 36.4 Å². The number of nitrogens with zero attached hydrogens (tertiary/aromatic N) is 1. The van der Waals surface area contributed by atoms with E-state index < -0.39 is 29.5 Å². The number of aliphatic hydroxyl groups is 1. The SMILES string of the molecule is COc1cc(C(=O)C[C@]2(O)C(=O)N(Cc3ccccc3F)c3ccccc32)cc(OC)c1OC. The normalized spacial score (nSPS) is 16.9. The van der Waals surface area contributed by atoms with Gasteiger partial charge in [0.15, 0.2) is 22.9 Å². The van der Waals surface area contributed by atoms with Gasteiger partial charge in [-0.25, -0.2) is 4.39 Å². The van der Waals surface area contributed by atoms with Crippen molar-refractivity contribution in [3.8, 4) is 17.2 Å². The van der Waals surface area contributed by atoms with Crippen molar-refractivity contribution in [2.24, 2.45) is 0 Å². The number of hydrogen-bond acceptors (Lipinski definition) is 6. The van der Waals surface area contributed by atoms with E-state index in [0.717, 1.165) is 0 Å². The monoisotopic (exact) mass is 465 g/mol. The molecule has 1 aliphatic heterocycles. The maximum absolute atomic E-state index is 14.3. The number of benzene rings is 3. The fourth-order valence-corrected chi connectivity index (χ4v) is 4.21. The van der Waals surface area contributed by atoms with Crippen LogP contribution in [-0.4, -0.2) is 38.1 Å². The highest BCUT2D eigenvalue weighted by molar-refractivity contribution is 6.10. The second kappa shape index (κ2) is 9.15. The van der Waals surface area contributed by atoms with Gasteiger partial charge in [-0.2, -0.15) is 0 Å². The van der Waals surface area contributed by atoms with Crippen LogP contribution < -0.4 is 19.1 Å². The highest BCUT2D eigenvalue weighted by atomic mass is 19.1. The molecule has 0 bridgehead atoms. The van der Waals surface area contributed by atoms with Crippen molar-refractivity contribution in [3.63, 3.8) is 0 Å². The van der Waals surface area contributed by atoms with Gasteiger partial charge in [-0.15, -0.1) is 0 Å². The number of fused-ring (bicyclic) bond motifs is 1. The van der Waals surface area contributed by atoms with E-state index in [4.69, 9.17) is 14.2 Å². The first-order valence-corrected chi connectivity index (χ1v) is 10.5. The number of methoxy groups -OCH3 is 3. The molecule has 34 heavy (non-hydrogen) atoms. The van der Waals surface area contributed by atoms with Crippen LogP contribution >= 0.6 is 0 Å². The Morgan fingerprint density at radius 3 is 2.21 bits per heavy atom. The number of ether oxygens (including phenoxy) is 3. The van der Waals surface area contributed by atoms with E-state index >= 15 is 0 Å². The third-order valence-corrected chi connectivity index (χ3v) is 5.93. The number of carbonyl (C=O) groups excluding carboxylic acids is 2. The summed E-state index contributed by atoms with van der Waals surface area (Å²) >= 11 is 0. The summed E-state index contributed by atoms with van der Waals surface area (Å²) in [4.78, 5) is 28.0. The molecule has 176 valence electrons. The summed E-state index contributed by atoms with van der Waals surface area (Å²) in [6, 6.07) is 15.7. The zero-order valence-electron chi connectivity index (χ0n) is 19.0. The number of ketones is 1. The van der Waals surface area contributed by atoms with Gasteiger partial charge < -0.3 is 24.2 Å². The lowest BCUT2D eigenvalue weighted by Crippen LogP contribution is -2.41. The zero-order chi connectivity index (χ0) is 24.5. The molecule has 0 radical (unpaired) electrons. The Balaban J connectivity index is 1.70. The number of hydrogen-bond donors (Lipinski definition) is 1. The molecular formula is C26H24FNO6. The van der Waals surface area contributed by atoms with Crippen molar-refractivity contribution in [1.29, 1.82) is 0 Å². The second-order valence-electron chi connectivity index (χ2n) is 7.87. The summed E-state index contributed by atoms with van der Waals surface area (Å²) in [7, 11) is 4.30. The molecule has 1 atom stereocenters. The molecule has 0 saturated heterocycles. The summed E-state index contributed by atoms with van der Waals surface area (Å²) in [6.45, 7) is -0.0802. The van der Waals surface area contributed by atoms with Crippen LogP contribution in [0.4, 0.5) is 10.1 Å². The summed E-state index contributed by atoms with van der Waals surface area (Å²) in [5, 5.41) is 11.5. The molecule has 1 aliphatic rings. The molecule has 0 spiro atoms. The number of halogens is 1. The van der Waals surface area contributed by atoms with Gasteiger partial charge in [-0.3, -0.25) is 9.59 Å². The molecule has 0 saturated carbocycles. The van der Waals surface area contributed by atoms with Gasteiger partial charge in [0.1, 0.15) is 5.82 Å². The van der Waals surface area contributed by atoms with Crippen molar-refractivity contribution in [1.82, 2.24) is 0 Å². The Morgan fingerprint density at radius 1 is 0.971 bits per heavy atom. The maximum atomic E-state index is 14.3. The highest BCUT2D eigenvalue weighted by Gasteiger charge is 2.51. The van der Waals surface area contributed by atoms with Crippen LogP contribution in [0.25, 0.3) is 0 Å². The van der Waals surface area contributed by atoms with E-state index in [-0.39, 0.29) is 29.2 Å². The largest absolute Gasteiger partial charge is 0.493 e. The second-order valence-corrected chi connectivity index (χ2v) is 7.87. The number of carbonyl (C=O) groups is 2. The number of para-hydroxylation sites is 1. The summed E-state index contributed by atoms with van der Waals surface area (Å²) in [5.74, 6) is -0.793. The molecule has 1 amide bonds. The number of rotatable bonds is 8. The summed E-state index contributed by atoms with van der Waals surface area (Å²) in [5.41, 5.74) is -0.918. The number of amides is 1. The molecule has 0 unspecified atom stereocenters.